The molecule has 2 nitrogen and oxygen atoms in total. The molecule has 0 saturated heterocycles. The molecule has 1 aliphatic rings. The van der Waals surface area contributed by atoms with Gasteiger partial charge in [-0.2, -0.15) is 0 Å². The summed E-state index contributed by atoms with van der Waals surface area (Å²) in [5.41, 5.74) is -0.0559. The number of rotatable bonds is 1. The number of nitrogens with one attached hydrogen (secondary N) is 1. The van der Waals surface area contributed by atoms with E-state index in [-0.39, 0.29) is 18.9 Å². The van der Waals surface area contributed by atoms with Crippen LogP contribution in [0.5, 0.6) is 0 Å². The Morgan fingerprint density at radius 3 is 2.09 bits per heavy atom. The van der Waals surface area contributed by atoms with Gasteiger partial charge in [0.05, 0.1) is 0 Å². The highest BCUT2D eigenvalue weighted by Gasteiger charge is 2.31. The summed E-state index contributed by atoms with van der Waals surface area (Å²) >= 11 is 0. The molecular weight excluding hydrogens is 138 g/mol. The first-order valence-electron chi connectivity index (χ1n) is 3.81. The number of carbonyl (C=O) groups is 1. The SMILES string of the molecule is C.CC(C)(C)NC(=O)C1CC1. The lowest BCUT2D eigenvalue weighted by Crippen LogP contribution is -2.41. The Morgan fingerprint density at radius 1 is 1.36 bits per heavy atom. The van der Waals surface area contributed by atoms with Crippen LogP contribution >= 0.6 is 0 Å². The molecule has 0 aromatic rings. The Labute approximate surface area is 69.4 Å². The molecule has 0 atom stereocenters. The van der Waals surface area contributed by atoms with Gasteiger partial charge in [-0.05, 0) is 33.6 Å². The van der Waals surface area contributed by atoms with Crippen LogP contribution in [0.15, 0.2) is 0 Å². The highest BCUT2D eigenvalue weighted by Crippen LogP contribution is 2.29. The third kappa shape index (κ3) is 4.02. The van der Waals surface area contributed by atoms with Gasteiger partial charge < -0.3 is 5.32 Å². The molecule has 0 heterocycles. The molecule has 0 bridgehead atoms. The van der Waals surface area contributed by atoms with E-state index in [0.29, 0.717) is 5.92 Å². The average Bonchev–Trinajstić information content (AvgIpc) is 2.35. The van der Waals surface area contributed by atoms with Crippen molar-refractivity contribution < 1.29 is 4.79 Å². The van der Waals surface area contributed by atoms with Gasteiger partial charge in [-0.3, -0.25) is 4.79 Å². The van der Waals surface area contributed by atoms with Gasteiger partial charge in [-0.15, -0.1) is 0 Å². The van der Waals surface area contributed by atoms with Crippen molar-refractivity contribution in [3.8, 4) is 0 Å². The molecule has 66 valence electrons. The summed E-state index contributed by atoms with van der Waals surface area (Å²) in [7, 11) is 0. The number of hydrogen-bond donors (Lipinski definition) is 1. The largest absolute Gasteiger partial charge is 0.351 e. The zero-order valence-electron chi connectivity index (χ0n) is 6.90. The Hall–Kier alpha value is -0.530. The highest BCUT2D eigenvalue weighted by molar-refractivity contribution is 5.81. The van der Waals surface area contributed by atoms with E-state index in [2.05, 4.69) is 5.32 Å². The molecule has 1 saturated carbocycles. The van der Waals surface area contributed by atoms with Crippen molar-refractivity contribution in [2.75, 3.05) is 0 Å². The molecule has 1 N–H and O–H groups in total. The Bertz CT molecular complexity index is 142. The standard InChI is InChI=1S/C8H15NO.CH4/c1-8(2,3)9-7(10)6-4-5-6;/h6H,4-5H2,1-3H3,(H,9,10);1H4. The first kappa shape index (κ1) is 10.5. The lowest BCUT2D eigenvalue weighted by atomic mass is 10.1. The number of amides is 1. The number of carbonyl (C=O) groups excluding carboxylic acids is 1. The lowest BCUT2D eigenvalue weighted by molar-refractivity contribution is -0.123. The van der Waals surface area contributed by atoms with E-state index in [1.54, 1.807) is 0 Å². The van der Waals surface area contributed by atoms with Gasteiger partial charge in [0.1, 0.15) is 0 Å². The van der Waals surface area contributed by atoms with Gasteiger partial charge in [0, 0.05) is 11.5 Å². The molecule has 1 aliphatic carbocycles. The molecular formula is C9H19NO. The fourth-order valence-corrected chi connectivity index (χ4v) is 0.817. The predicted octanol–water partition coefficient (Wildman–Crippen LogP) is 1.95. The summed E-state index contributed by atoms with van der Waals surface area (Å²) in [4.78, 5) is 11.1. The quantitative estimate of drug-likeness (QED) is 0.619. The Morgan fingerprint density at radius 2 is 1.82 bits per heavy atom. The van der Waals surface area contributed by atoms with E-state index >= 15 is 0 Å². The summed E-state index contributed by atoms with van der Waals surface area (Å²) in [6.45, 7) is 6.02. The maximum absolute atomic E-state index is 11.1. The van der Waals surface area contributed by atoms with Crippen LogP contribution in [0, 0.1) is 5.92 Å². The second-order valence-corrected chi connectivity index (χ2v) is 4.01. The van der Waals surface area contributed by atoms with Gasteiger partial charge in [-0.1, -0.05) is 7.43 Å². The summed E-state index contributed by atoms with van der Waals surface area (Å²) in [5.74, 6) is 0.562. The monoisotopic (exact) mass is 157 g/mol. The van der Waals surface area contributed by atoms with Crippen molar-refractivity contribution in [1.29, 1.82) is 0 Å². The normalized spacial score (nSPS) is 17.0. The molecule has 0 aromatic carbocycles. The van der Waals surface area contributed by atoms with Crippen LogP contribution in [0.4, 0.5) is 0 Å². The van der Waals surface area contributed by atoms with E-state index in [1.807, 2.05) is 20.8 Å². The van der Waals surface area contributed by atoms with E-state index in [9.17, 15) is 4.79 Å². The van der Waals surface area contributed by atoms with Crippen molar-refractivity contribution in [3.63, 3.8) is 0 Å². The zero-order chi connectivity index (χ0) is 7.78. The van der Waals surface area contributed by atoms with Gasteiger partial charge in [0.25, 0.3) is 0 Å². The minimum absolute atomic E-state index is 0. The highest BCUT2D eigenvalue weighted by atomic mass is 16.2. The first-order valence-corrected chi connectivity index (χ1v) is 3.81. The number of hydrogen-bond acceptors (Lipinski definition) is 1. The van der Waals surface area contributed by atoms with Crippen LogP contribution in [0.1, 0.15) is 41.0 Å². The zero-order valence-corrected chi connectivity index (χ0v) is 6.90. The third-order valence-corrected chi connectivity index (χ3v) is 1.45. The van der Waals surface area contributed by atoms with Crippen LogP contribution in [0.25, 0.3) is 0 Å². The summed E-state index contributed by atoms with van der Waals surface area (Å²) in [6, 6.07) is 0. The second kappa shape index (κ2) is 3.24. The van der Waals surface area contributed by atoms with Gasteiger partial charge in [0.2, 0.25) is 5.91 Å². The molecule has 1 rings (SSSR count). The van der Waals surface area contributed by atoms with Crippen LogP contribution in [0.2, 0.25) is 0 Å². The first-order chi connectivity index (χ1) is 4.49. The topological polar surface area (TPSA) is 29.1 Å². The van der Waals surface area contributed by atoms with Crippen LogP contribution in [-0.2, 0) is 4.79 Å². The van der Waals surface area contributed by atoms with E-state index in [1.165, 1.54) is 0 Å². The average molecular weight is 157 g/mol. The molecule has 2 heteroatoms. The van der Waals surface area contributed by atoms with Gasteiger partial charge in [-0.25, -0.2) is 0 Å². The summed E-state index contributed by atoms with van der Waals surface area (Å²) < 4.78 is 0. The second-order valence-electron chi connectivity index (χ2n) is 4.01. The molecule has 0 radical (unpaired) electrons. The van der Waals surface area contributed by atoms with Crippen LogP contribution < -0.4 is 5.32 Å². The van der Waals surface area contributed by atoms with Crippen LogP contribution in [0.3, 0.4) is 0 Å². The Balaban J connectivity index is 0.000001000. The van der Waals surface area contributed by atoms with Gasteiger partial charge >= 0.3 is 0 Å². The maximum Gasteiger partial charge on any atom is 0.223 e. The van der Waals surface area contributed by atoms with Crippen molar-refractivity contribution in [1.82, 2.24) is 5.32 Å². The van der Waals surface area contributed by atoms with E-state index in [4.69, 9.17) is 0 Å². The molecule has 1 amide bonds. The Kier molecular flexibility index (Phi) is 3.09. The van der Waals surface area contributed by atoms with E-state index in [0.717, 1.165) is 12.8 Å². The smallest absolute Gasteiger partial charge is 0.223 e. The summed E-state index contributed by atoms with van der Waals surface area (Å²) in [6.07, 6.45) is 2.17. The molecule has 11 heavy (non-hydrogen) atoms. The van der Waals surface area contributed by atoms with Crippen molar-refractivity contribution in [2.45, 2.75) is 46.6 Å². The minimum atomic E-state index is -0.0559. The molecule has 0 spiro atoms. The summed E-state index contributed by atoms with van der Waals surface area (Å²) in [5, 5.41) is 2.94. The fourth-order valence-electron chi connectivity index (χ4n) is 0.817. The van der Waals surface area contributed by atoms with Crippen molar-refractivity contribution >= 4 is 5.91 Å². The van der Waals surface area contributed by atoms with Crippen LogP contribution in [-0.4, -0.2) is 11.4 Å². The molecule has 0 unspecified atom stereocenters. The molecule has 0 aliphatic heterocycles. The molecule has 1 fully saturated rings. The third-order valence-electron chi connectivity index (χ3n) is 1.45. The van der Waals surface area contributed by atoms with E-state index < -0.39 is 0 Å². The van der Waals surface area contributed by atoms with Gasteiger partial charge in [0.15, 0.2) is 0 Å². The van der Waals surface area contributed by atoms with Crippen molar-refractivity contribution in [3.05, 3.63) is 0 Å². The maximum atomic E-state index is 11.1. The molecule has 0 aromatic heterocycles. The van der Waals surface area contributed by atoms with Crippen molar-refractivity contribution in [2.24, 2.45) is 5.92 Å². The minimum Gasteiger partial charge on any atom is -0.351 e. The fraction of sp³-hybridized carbons (Fsp3) is 0.889. The predicted molar refractivity (Wildman–Crippen MR) is 47.4 cm³/mol. The lowest BCUT2D eigenvalue weighted by Gasteiger charge is -2.20.